The molecular weight excluding hydrogens is 450 g/mol. The largest absolute Gasteiger partial charge is 0.346 e. The van der Waals surface area contributed by atoms with E-state index in [0.717, 1.165) is 32.1 Å². The Hall–Kier alpha value is -3.35. The summed E-state index contributed by atoms with van der Waals surface area (Å²) >= 11 is 0. The zero-order chi connectivity index (χ0) is 25.8. The van der Waals surface area contributed by atoms with Gasteiger partial charge in [-0.1, -0.05) is 25.3 Å². The lowest BCUT2D eigenvalue weighted by Crippen LogP contribution is -2.58. The molecule has 2 aliphatic rings. The fourth-order valence-corrected chi connectivity index (χ4v) is 4.72. The molecule has 3 atom stereocenters. The van der Waals surface area contributed by atoms with Crippen molar-refractivity contribution in [2.75, 3.05) is 20.1 Å². The van der Waals surface area contributed by atoms with Crippen LogP contribution in [0.1, 0.15) is 57.8 Å². The monoisotopic (exact) mass is 487 g/mol. The highest BCUT2D eigenvalue weighted by Crippen LogP contribution is 2.29. The Bertz CT molecular complexity index is 846. The molecule has 10 heteroatoms. The fourth-order valence-electron chi connectivity index (χ4n) is 4.72. The van der Waals surface area contributed by atoms with Crippen molar-refractivity contribution >= 4 is 29.5 Å². The van der Waals surface area contributed by atoms with Gasteiger partial charge in [-0.15, -0.1) is 18.9 Å². The average molecular weight is 488 g/mol. The second-order valence-electron chi connectivity index (χ2n) is 8.96. The highest BCUT2D eigenvalue weighted by molar-refractivity contribution is 6.38. The van der Waals surface area contributed by atoms with E-state index in [2.05, 4.69) is 33.8 Å². The van der Waals surface area contributed by atoms with Crippen LogP contribution in [0.3, 0.4) is 0 Å². The Morgan fingerprint density at radius 3 is 2.43 bits per heavy atom. The van der Waals surface area contributed by atoms with Crippen molar-refractivity contribution in [1.82, 2.24) is 26.2 Å². The van der Waals surface area contributed by atoms with Gasteiger partial charge in [0.25, 0.3) is 5.91 Å². The second-order valence-corrected chi connectivity index (χ2v) is 8.96. The molecule has 5 amide bonds. The number of terminal acetylenes is 1. The minimum atomic E-state index is -1.10. The lowest BCUT2D eigenvalue weighted by molar-refractivity contribution is -0.143. The quantitative estimate of drug-likeness (QED) is 0.192. The fraction of sp³-hybridized carbons (Fsp3) is 0.640. The number of Topliss-reactive ketones (excluding diaryl/α,β-unsaturated/α-hetero) is 1. The minimum absolute atomic E-state index is 0.00336. The van der Waals surface area contributed by atoms with Crippen LogP contribution in [0.5, 0.6) is 0 Å². The first-order chi connectivity index (χ1) is 16.8. The molecule has 1 saturated heterocycles. The van der Waals surface area contributed by atoms with E-state index < -0.39 is 41.8 Å². The number of likely N-dealkylation sites (tertiary alicyclic amines) is 1. The Morgan fingerprint density at radius 1 is 1.09 bits per heavy atom. The first-order valence-electron chi connectivity index (χ1n) is 12.3. The maximum absolute atomic E-state index is 13.6. The molecule has 192 valence electrons. The van der Waals surface area contributed by atoms with Gasteiger partial charge >= 0.3 is 6.03 Å². The molecule has 1 saturated carbocycles. The van der Waals surface area contributed by atoms with Crippen molar-refractivity contribution in [3.63, 3.8) is 0 Å². The summed E-state index contributed by atoms with van der Waals surface area (Å²) in [5.74, 6) is -0.0254. The molecule has 0 radical (unpaired) electrons. The van der Waals surface area contributed by atoms with Crippen molar-refractivity contribution in [2.45, 2.75) is 75.9 Å². The molecule has 2 rings (SSSR count). The van der Waals surface area contributed by atoms with E-state index in [1.54, 1.807) is 0 Å². The number of ketones is 1. The molecule has 1 aliphatic heterocycles. The first-order valence-corrected chi connectivity index (χ1v) is 12.3. The third-order valence-corrected chi connectivity index (χ3v) is 6.58. The number of nitrogens with zero attached hydrogens (tertiary/aromatic N) is 1. The molecular formula is C25H37N5O5. The van der Waals surface area contributed by atoms with Gasteiger partial charge in [0.1, 0.15) is 12.1 Å². The maximum atomic E-state index is 13.6. The molecule has 2 fully saturated rings. The van der Waals surface area contributed by atoms with E-state index in [9.17, 15) is 24.0 Å². The van der Waals surface area contributed by atoms with Gasteiger partial charge in [-0.25, -0.2) is 4.79 Å². The smallest absolute Gasteiger partial charge is 0.315 e. The van der Waals surface area contributed by atoms with Crippen molar-refractivity contribution in [3.8, 4) is 12.3 Å². The van der Waals surface area contributed by atoms with Crippen LogP contribution in [-0.4, -0.2) is 72.7 Å². The van der Waals surface area contributed by atoms with Gasteiger partial charge in [-0.2, -0.15) is 0 Å². The number of urea groups is 1. The molecule has 4 N–H and O–H groups in total. The van der Waals surface area contributed by atoms with Crippen molar-refractivity contribution in [1.29, 1.82) is 0 Å². The van der Waals surface area contributed by atoms with Gasteiger partial charge < -0.3 is 26.2 Å². The SMILES string of the molecule is C#CCCC(NC(=O)C1CCCN1C(=O)C(NC(=O)NC)C1CCCCC1)C(=O)C(=O)NCC=C. The number of hydrogen-bond donors (Lipinski definition) is 4. The minimum Gasteiger partial charge on any atom is -0.346 e. The normalized spacial score (nSPS) is 19.5. The zero-order valence-electron chi connectivity index (χ0n) is 20.4. The lowest BCUT2D eigenvalue weighted by atomic mass is 9.83. The van der Waals surface area contributed by atoms with Crippen LogP contribution in [0.2, 0.25) is 0 Å². The van der Waals surface area contributed by atoms with E-state index in [1.807, 2.05) is 0 Å². The van der Waals surface area contributed by atoms with Crippen LogP contribution < -0.4 is 21.3 Å². The Balaban J connectivity index is 2.15. The number of nitrogens with one attached hydrogen (secondary N) is 4. The summed E-state index contributed by atoms with van der Waals surface area (Å²) in [5.41, 5.74) is 0. The predicted molar refractivity (Wildman–Crippen MR) is 131 cm³/mol. The summed E-state index contributed by atoms with van der Waals surface area (Å²) < 4.78 is 0. The van der Waals surface area contributed by atoms with E-state index in [-0.39, 0.29) is 31.2 Å². The topological polar surface area (TPSA) is 137 Å². The Morgan fingerprint density at radius 2 is 1.80 bits per heavy atom. The summed E-state index contributed by atoms with van der Waals surface area (Å²) in [7, 11) is 1.49. The summed E-state index contributed by atoms with van der Waals surface area (Å²) in [5, 5.41) is 10.3. The summed E-state index contributed by atoms with van der Waals surface area (Å²) in [4.78, 5) is 65.1. The first kappa shape index (κ1) is 27.9. The van der Waals surface area contributed by atoms with Gasteiger partial charge in [0.15, 0.2) is 0 Å². The molecule has 10 nitrogen and oxygen atoms in total. The van der Waals surface area contributed by atoms with Crippen molar-refractivity contribution in [2.24, 2.45) is 5.92 Å². The lowest BCUT2D eigenvalue weighted by Gasteiger charge is -2.34. The number of carbonyl (C=O) groups excluding carboxylic acids is 5. The third-order valence-electron chi connectivity index (χ3n) is 6.58. The molecule has 3 unspecified atom stereocenters. The molecule has 0 aromatic carbocycles. The van der Waals surface area contributed by atoms with Crippen molar-refractivity contribution in [3.05, 3.63) is 12.7 Å². The number of carbonyl (C=O) groups is 5. The van der Waals surface area contributed by atoms with Gasteiger partial charge in [0, 0.05) is 26.6 Å². The van der Waals surface area contributed by atoms with E-state index >= 15 is 0 Å². The van der Waals surface area contributed by atoms with Crippen LogP contribution in [0.25, 0.3) is 0 Å². The summed E-state index contributed by atoms with van der Waals surface area (Å²) in [6.45, 7) is 3.98. The average Bonchev–Trinajstić information content (AvgIpc) is 3.37. The van der Waals surface area contributed by atoms with Crippen LogP contribution in [0.4, 0.5) is 4.79 Å². The Kier molecular flexibility index (Phi) is 11.3. The van der Waals surface area contributed by atoms with Crippen LogP contribution in [-0.2, 0) is 19.2 Å². The van der Waals surface area contributed by atoms with E-state index in [1.165, 1.54) is 18.0 Å². The van der Waals surface area contributed by atoms with Gasteiger partial charge in [-0.3, -0.25) is 19.2 Å². The van der Waals surface area contributed by atoms with Gasteiger partial charge in [0.2, 0.25) is 17.6 Å². The van der Waals surface area contributed by atoms with E-state index in [0.29, 0.717) is 19.4 Å². The molecule has 0 aromatic rings. The van der Waals surface area contributed by atoms with Gasteiger partial charge in [-0.05, 0) is 38.0 Å². The highest BCUT2D eigenvalue weighted by atomic mass is 16.2. The highest BCUT2D eigenvalue weighted by Gasteiger charge is 2.41. The third kappa shape index (κ3) is 7.84. The molecule has 0 bridgehead atoms. The standard InChI is InChI=1S/C25H37N5O5/c1-4-6-13-18(21(31)23(33)27-15-5-2)28-22(32)19-14-10-16-30(19)24(34)20(29-25(35)26-3)17-11-8-7-9-12-17/h1,5,17-20H,2,6-16H2,3H3,(H,27,33)(H,28,32)(H2,26,29,35). The predicted octanol–water partition coefficient (Wildman–Crippen LogP) is 0.625. The molecule has 1 heterocycles. The summed E-state index contributed by atoms with van der Waals surface area (Å²) in [6.07, 6.45) is 12.8. The number of hydrogen-bond acceptors (Lipinski definition) is 5. The van der Waals surface area contributed by atoms with Crippen LogP contribution >= 0.6 is 0 Å². The van der Waals surface area contributed by atoms with Crippen LogP contribution in [0, 0.1) is 18.3 Å². The number of amides is 5. The molecule has 1 aliphatic carbocycles. The van der Waals surface area contributed by atoms with Crippen LogP contribution in [0.15, 0.2) is 12.7 Å². The number of rotatable bonds is 11. The molecule has 35 heavy (non-hydrogen) atoms. The van der Waals surface area contributed by atoms with E-state index in [4.69, 9.17) is 6.42 Å². The molecule has 0 aromatic heterocycles. The zero-order valence-corrected chi connectivity index (χ0v) is 20.4. The van der Waals surface area contributed by atoms with Crippen molar-refractivity contribution < 1.29 is 24.0 Å². The van der Waals surface area contributed by atoms with Gasteiger partial charge in [0.05, 0.1) is 6.04 Å². The molecule has 0 spiro atoms. The summed E-state index contributed by atoms with van der Waals surface area (Å²) in [6, 6.07) is -3.07. The Labute approximate surface area is 207 Å². The second kappa shape index (κ2) is 14.1. The maximum Gasteiger partial charge on any atom is 0.315 e.